The lowest BCUT2D eigenvalue weighted by atomic mass is 10.1. The normalized spacial score (nSPS) is 16.8. The van der Waals surface area contributed by atoms with Crippen LogP contribution in [0.1, 0.15) is 51.3 Å². The molecule has 1 aliphatic rings. The number of hydrogen-bond acceptors (Lipinski definition) is 5. The van der Waals surface area contributed by atoms with Gasteiger partial charge in [-0.05, 0) is 44.0 Å². The van der Waals surface area contributed by atoms with E-state index in [2.05, 4.69) is 24.1 Å². The Morgan fingerprint density at radius 2 is 1.96 bits per heavy atom. The van der Waals surface area contributed by atoms with Gasteiger partial charge in [-0.2, -0.15) is 0 Å². The van der Waals surface area contributed by atoms with Crippen molar-refractivity contribution in [1.82, 2.24) is 9.88 Å². The SMILES string of the molecule is Cc1ccc(NC(=O)C2CSCN2C(=O)c2sc(C(C)C)nc2C)cc1C. The number of aryl methyl sites for hydroxylation is 3. The highest BCUT2D eigenvalue weighted by Gasteiger charge is 2.36. The molecule has 3 rings (SSSR count). The summed E-state index contributed by atoms with van der Waals surface area (Å²) in [5, 5.41) is 3.93. The highest BCUT2D eigenvalue weighted by Crippen LogP contribution is 2.30. The molecule has 1 unspecified atom stereocenters. The molecule has 0 radical (unpaired) electrons. The average Bonchev–Trinajstić information content (AvgIpc) is 3.24. The van der Waals surface area contributed by atoms with E-state index >= 15 is 0 Å². The lowest BCUT2D eigenvalue weighted by Gasteiger charge is -2.23. The molecule has 0 bridgehead atoms. The molecular weight excluding hydrogens is 378 g/mol. The van der Waals surface area contributed by atoms with Gasteiger partial charge in [-0.25, -0.2) is 4.98 Å². The molecule has 27 heavy (non-hydrogen) atoms. The monoisotopic (exact) mass is 403 g/mol. The van der Waals surface area contributed by atoms with Crippen LogP contribution < -0.4 is 5.32 Å². The number of rotatable bonds is 4. The summed E-state index contributed by atoms with van der Waals surface area (Å²) in [6.45, 7) is 10.1. The summed E-state index contributed by atoms with van der Waals surface area (Å²) in [6, 6.07) is 5.39. The fraction of sp³-hybridized carbons (Fsp3) is 0.450. The van der Waals surface area contributed by atoms with Crippen molar-refractivity contribution >= 4 is 40.6 Å². The minimum atomic E-state index is -0.465. The van der Waals surface area contributed by atoms with Gasteiger partial charge in [0.2, 0.25) is 5.91 Å². The first-order valence-corrected chi connectivity index (χ1v) is 11.0. The van der Waals surface area contributed by atoms with Gasteiger partial charge in [0.15, 0.2) is 0 Å². The maximum Gasteiger partial charge on any atom is 0.267 e. The van der Waals surface area contributed by atoms with Crippen molar-refractivity contribution in [2.75, 3.05) is 16.9 Å². The van der Waals surface area contributed by atoms with E-state index in [1.54, 1.807) is 16.7 Å². The largest absolute Gasteiger partial charge is 0.324 e. The Bertz CT molecular complexity index is 876. The molecule has 2 aromatic rings. The molecule has 1 N–H and O–H groups in total. The number of nitrogens with one attached hydrogen (secondary N) is 1. The lowest BCUT2D eigenvalue weighted by molar-refractivity contribution is -0.119. The Hall–Kier alpha value is -1.86. The van der Waals surface area contributed by atoms with Crippen LogP contribution in [0.3, 0.4) is 0 Å². The van der Waals surface area contributed by atoms with Crippen molar-refractivity contribution in [2.24, 2.45) is 0 Å². The maximum absolute atomic E-state index is 13.1. The first-order valence-electron chi connectivity index (χ1n) is 9.02. The number of hydrogen-bond donors (Lipinski definition) is 1. The number of aromatic nitrogens is 1. The summed E-state index contributed by atoms with van der Waals surface area (Å²) >= 11 is 3.05. The highest BCUT2D eigenvalue weighted by molar-refractivity contribution is 7.99. The summed E-state index contributed by atoms with van der Waals surface area (Å²) in [6.07, 6.45) is 0. The third kappa shape index (κ3) is 4.19. The minimum Gasteiger partial charge on any atom is -0.324 e. The number of carbonyl (C=O) groups is 2. The van der Waals surface area contributed by atoms with Gasteiger partial charge >= 0.3 is 0 Å². The Morgan fingerprint density at radius 3 is 2.59 bits per heavy atom. The number of benzene rings is 1. The Morgan fingerprint density at radius 1 is 1.22 bits per heavy atom. The number of thiazole rings is 1. The van der Waals surface area contributed by atoms with Crippen LogP contribution in [0.5, 0.6) is 0 Å². The van der Waals surface area contributed by atoms with E-state index in [1.807, 2.05) is 39.0 Å². The Kier molecular flexibility index (Phi) is 5.91. The van der Waals surface area contributed by atoms with E-state index in [4.69, 9.17) is 0 Å². The zero-order valence-corrected chi connectivity index (χ0v) is 18.0. The molecule has 1 fully saturated rings. The van der Waals surface area contributed by atoms with Crippen LogP contribution >= 0.6 is 23.1 Å². The molecule has 2 heterocycles. The van der Waals surface area contributed by atoms with Crippen molar-refractivity contribution < 1.29 is 9.59 Å². The van der Waals surface area contributed by atoms with Gasteiger partial charge in [0.1, 0.15) is 10.9 Å². The van der Waals surface area contributed by atoms with Crippen molar-refractivity contribution in [3.63, 3.8) is 0 Å². The summed E-state index contributed by atoms with van der Waals surface area (Å²) in [5.41, 5.74) is 3.83. The quantitative estimate of drug-likeness (QED) is 0.825. The third-order valence-electron chi connectivity index (χ3n) is 4.72. The first-order chi connectivity index (χ1) is 12.8. The second-order valence-electron chi connectivity index (χ2n) is 7.20. The van der Waals surface area contributed by atoms with Gasteiger partial charge in [-0.15, -0.1) is 23.1 Å². The first kappa shape index (κ1) is 19.9. The van der Waals surface area contributed by atoms with Crippen molar-refractivity contribution in [1.29, 1.82) is 0 Å². The van der Waals surface area contributed by atoms with Crippen LogP contribution in [0, 0.1) is 20.8 Å². The summed E-state index contributed by atoms with van der Waals surface area (Å²) < 4.78 is 0. The molecule has 1 atom stereocenters. The van der Waals surface area contributed by atoms with Gasteiger partial charge in [0.05, 0.1) is 16.6 Å². The third-order valence-corrected chi connectivity index (χ3v) is 7.18. The van der Waals surface area contributed by atoms with E-state index in [-0.39, 0.29) is 17.7 Å². The number of anilines is 1. The zero-order chi connectivity index (χ0) is 19.7. The van der Waals surface area contributed by atoms with Gasteiger partial charge in [-0.1, -0.05) is 19.9 Å². The van der Waals surface area contributed by atoms with Gasteiger partial charge in [0, 0.05) is 17.4 Å². The average molecular weight is 404 g/mol. The van der Waals surface area contributed by atoms with Crippen LogP contribution in [0.25, 0.3) is 0 Å². The number of nitrogens with zero attached hydrogens (tertiary/aromatic N) is 2. The zero-order valence-electron chi connectivity index (χ0n) is 16.3. The van der Waals surface area contributed by atoms with E-state index in [9.17, 15) is 9.59 Å². The highest BCUT2D eigenvalue weighted by atomic mass is 32.2. The second kappa shape index (κ2) is 8.02. The molecule has 0 saturated carbocycles. The summed E-state index contributed by atoms with van der Waals surface area (Å²) in [7, 11) is 0. The minimum absolute atomic E-state index is 0.0952. The molecule has 0 aliphatic carbocycles. The van der Waals surface area contributed by atoms with E-state index < -0.39 is 6.04 Å². The predicted molar refractivity (Wildman–Crippen MR) is 113 cm³/mol. The maximum atomic E-state index is 13.1. The molecule has 7 heteroatoms. The van der Waals surface area contributed by atoms with Crippen LogP contribution in [-0.2, 0) is 4.79 Å². The fourth-order valence-electron chi connectivity index (χ4n) is 2.90. The van der Waals surface area contributed by atoms with Crippen LogP contribution in [-0.4, -0.2) is 39.4 Å². The Balaban J connectivity index is 1.77. The molecule has 1 aromatic carbocycles. The number of amides is 2. The summed E-state index contributed by atoms with van der Waals surface area (Å²) in [5.74, 6) is 1.19. The molecule has 144 valence electrons. The van der Waals surface area contributed by atoms with Gasteiger partial charge in [-0.3, -0.25) is 9.59 Å². The van der Waals surface area contributed by atoms with Crippen molar-refractivity contribution in [2.45, 2.75) is 46.6 Å². The molecule has 0 spiro atoms. The molecule has 1 aliphatic heterocycles. The van der Waals surface area contributed by atoms with Crippen molar-refractivity contribution in [3.8, 4) is 0 Å². The summed E-state index contributed by atoms with van der Waals surface area (Å²) in [4.78, 5) is 32.7. The fourth-order valence-corrected chi connectivity index (χ4v) is 5.08. The lowest BCUT2D eigenvalue weighted by Crippen LogP contribution is -2.44. The van der Waals surface area contributed by atoms with E-state index in [1.165, 1.54) is 16.9 Å². The van der Waals surface area contributed by atoms with Crippen LogP contribution in [0.15, 0.2) is 18.2 Å². The Labute approximate surface area is 168 Å². The second-order valence-corrected chi connectivity index (χ2v) is 9.23. The van der Waals surface area contributed by atoms with Gasteiger partial charge in [0.25, 0.3) is 5.91 Å². The molecule has 1 aromatic heterocycles. The van der Waals surface area contributed by atoms with Crippen LogP contribution in [0.2, 0.25) is 0 Å². The van der Waals surface area contributed by atoms with Crippen molar-refractivity contribution in [3.05, 3.63) is 44.9 Å². The molecule has 5 nitrogen and oxygen atoms in total. The van der Waals surface area contributed by atoms with Gasteiger partial charge < -0.3 is 10.2 Å². The molecule has 2 amide bonds. The topological polar surface area (TPSA) is 62.3 Å². The standard InChI is InChI=1S/C20H25N3O2S2/c1-11(2)19-21-14(5)17(27-19)20(25)23-10-26-9-16(23)18(24)22-15-7-6-12(3)13(4)8-15/h6-8,11,16H,9-10H2,1-5H3,(H,22,24). The number of carbonyl (C=O) groups excluding carboxylic acids is 2. The van der Waals surface area contributed by atoms with E-state index in [0.29, 0.717) is 16.5 Å². The smallest absolute Gasteiger partial charge is 0.267 e. The van der Waals surface area contributed by atoms with E-state index in [0.717, 1.165) is 22.0 Å². The molecule has 1 saturated heterocycles. The molecular formula is C20H25N3O2S2. The predicted octanol–water partition coefficient (Wildman–Crippen LogP) is 4.35. The number of thioether (sulfide) groups is 1. The van der Waals surface area contributed by atoms with Crippen LogP contribution in [0.4, 0.5) is 5.69 Å².